The maximum Gasteiger partial charge on any atom is 0.278 e. The lowest BCUT2D eigenvalue weighted by Crippen LogP contribution is -2.45. The van der Waals surface area contributed by atoms with Gasteiger partial charge in [-0.25, -0.2) is 0 Å². The molecular weight excluding hydrogens is 386 g/mol. The number of imide groups is 1. The third kappa shape index (κ3) is 3.71. The molecule has 1 aromatic rings. The molecule has 3 aliphatic rings. The molecular formula is C22H27N3O5. The van der Waals surface area contributed by atoms with Gasteiger partial charge in [-0.1, -0.05) is 19.3 Å². The minimum atomic E-state index is -0.481. The Labute approximate surface area is 175 Å². The van der Waals surface area contributed by atoms with E-state index in [1.54, 1.807) is 12.1 Å². The van der Waals surface area contributed by atoms with Gasteiger partial charge in [-0.3, -0.25) is 24.6 Å². The summed E-state index contributed by atoms with van der Waals surface area (Å²) in [7, 11) is 0. The second kappa shape index (κ2) is 8.55. The highest BCUT2D eigenvalue weighted by Crippen LogP contribution is 2.37. The molecule has 0 radical (unpaired) electrons. The Morgan fingerprint density at radius 2 is 1.70 bits per heavy atom. The van der Waals surface area contributed by atoms with E-state index in [4.69, 9.17) is 0 Å². The zero-order valence-corrected chi connectivity index (χ0v) is 17.0. The van der Waals surface area contributed by atoms with Gasteiger partial charge in [0.25, 0.3) is 17.5 Å². The van der Waals surface area contributed by atoms with E-state index in [2.05, 4.69) is 0 Å². The number of aliphatic hydroxyl groups is 1. The first-order chi connectivity index (χ1) is 14.5. The average molecular weight is 413 g/mol. The fourth-order valence-electron chi connectivity index (χ4n) is 4.93. The molecule has 30 heavy (non-hydrogen) atoms. The molecule has 1 N–H and O–H groups in total. The summed E-state index contributed by atoms with van der Waals surface area (Å²) < 4.78 is 0. The van der Waals surface area contributed by atoms with E-state index in [0.29, 0.717) is 29.9 Å². The molecule has 160 valence electrons. The molecule has 0 aromatic heterocycles. The Kier molecular flexibility index (Phi) is 5.85. The standard InChI is InChI=1S/C22H27N3O5/c26-14-15-5-4-12-23(13-15)20-19(16-8-10-18(11-9-16)25(29)30)21(27)24(22(20)28)17-6-2-1-3-7-17/h8-11,15,17,26H,1-7,12-14H2. The lowest BCUT2D eigenvalue weighted by atomic mass is 9.94. The second-order valence-corrected chi connectivity index (χ2v) is 8.44. The highest BCUT2D eigenvalue weighted by Gasteiger charge is 2.45. The lowest BCUT2D eigenvalue weighted by Gasteiger charge is -2.35. The zero-order chi connectivity index (χ0) is 21.3. The predicted octanol–water partition coefficient (Wildman–Crippen LogP) is 2.71. The second-order valence-electron chi connectivity index (χ2n) is 8.44. The van der Waals surface area contributed by atoms with Crippen LogP contribution in [0, 0.1) is 16.0 Å². The smallest absolute Gasteiger partial charge is 0.278 e. The molecule has 2 amide bonds. The molecule has 1 aromatic carbocycles. The van der Waals surface area contributed by atoms with Crippen molar-refractivity contribution in [2.45, 2.75) is 51.0 Å². The third-order valence-electron chi connectivity index (χ3n) is 6.49. The monoisotopic (exact) mass is 413 g/mol. The van der Waals surface area contributed by atoms with E-state index >= 15 is 0 Å². The van der Waals surface area contributed by atoms with E-state index in [9.17, 15) is 24.8 Å². The molecule has 1 saturated heterocycles. The van der Waals surface area contributed by atoms with Crippen LogP contribution in [0.25, 0.3) is 5.57 Å². The van der Waals surface area contributed by atoms with E-state index in [-0.39, 0.29) is 36.1 Å². The molecule has 1 atom stereocenters. The van der Waals surface area contributed by atoms with E-state index in [1.165, 1.54) is 17.0 Å². The minimum Gasteiger partial charge on any atom is -0.396 e. The first-order valence-corrected chi connectivity index (χ1v) is 10.7. The molecule has 8 nitrogen and oxygen atoms in total. The third-order valence-corrected chi connectivity index (χ3v) is 6.49. The molecule has 4 rings (SSSR count). The number of nitro groups is 1. The molecule has 1 unspecified atom stereocenters. The molecule has 2 heterocycles. The summed E-state index contributed by atoms with van der Waals surface area (Å²) >= 11 is 0. The van der Waals surface area contributed by atoms with Gasteiger partial charge in [-0.2, -0.15) is 0 Å². The van der Waals surface area contributed by atoms with E-state index < -0.39 is 4.92 Å². The van der Waals surface area contributed by atoms with Crippen molar-refractivity contribution >= 4 is 23.1 Å². The van der Waals surface area contributed by atoms with Crippen LogP contribution < -0.4 is 0 Å². The van der Waals surface area contributed by atoms with Crippen LogP contribution >= 0.6 is 0 Å². The molecule has 2 aliphatic heterocycles. The number of nitrogens with zero attached hydrogens (tertiary/aromatic N) is 3. The van der Waals surface area contributed by atoms with Crippen LogP contribution in [0.3, 0.4) is 0 Å². The van der Waals surface area contributed by atoms with Gasteiger partial charge < -0.3 is 10.0 Å². The summed E-state index contributed by atoms with van der Waals surface area (Å²) in [6, 6.07) is 5.75. The largest absolute Gasteiger partial charge is 0.396 e. The molecule has 8 heteroatoms. The number of benzene rings is 1. The number of rotatable bonds is 5. The number of likely N-dealkylation sites (tertiary alicyclic amines) is 1. The molecule has 0 bridgehead atoms. The van der Waals surface area contributed by atoms with Crippen molar-refractivity contribution in [2.24, 2.45) is 5.92 Å². The van der Waals surface area contributed by atoms with Gasteiger partial charge in [0.1, 0.15) is 5.70 Å². The summed E-state index contributed by atoms with van der Waals surface area (Å²) in [6.45, 7) is 1.23. The number of carbonyl (C=O) groups is 2. The van der Waals surface area contributed by atoms with Crippen LogP contribution in [0.1, 0.15) is 50.5 Å². The van der Waals surface area contributed by atoms with E-state index in [1.807, 2.05) is 4.90 Å². The highest BCUT2D eigenvalue weighted by atomic mass is 16.6. The highest BCUT2D eigenvalue weighted by molar-refractivity contribution is 6.35. The summed E-state index contributed by atoms with van der Waals surface area (Å²) in [6.07, 6.45) is 6.48. The first kappa shape index (κ1) is 20.5. The minimum absolute atomic E-state index is 0.0467. The summed E-state index contributed by atoms with van der Waals surface area (Å²) in [5, 5.41) is 20.6. The maximum atomic E-state index is 13.5. The summed E-state index contributed by atoms with van der Waals surface area (Å²) in [5.41, 5.74) is 1.19. The zero-order valence-electron chi connectivity index (χ0n) is 17.0. The molecule has 0 spiro atoms. The Morgan fingerprint density at radius 1 is 1.00 bits per heavy atom. The number of nitro benzene ring substituents is 1. The number of carbonyl (C=O) groups excluding carboxylic acids is 2. The van der Waals surface area contributed by atoms with Crippen LogP contribution in [0.5, 0.6) is 0 Å². The predicted molar refractivity (Wildman–Crippen MR) is 110 cm³/mol. The van der Waals surface area contributed by atoms with Crippen molar-refractivity contribution in [3.63, 3.8) is 0 Å². The maximum absolute atomic E-state index is 13.5. The van der Waals surface area contributed by atoms with Gasteiger partial charge in [0.15, 0.2) is 0 Å². The number of piperidine rings is 1. The topological polar surface area (TPSA) is 104 Å². The summed E-state index contributed by atoms with van der Waals surface area (Å²) in [5.74, 6) is -0.503. The van der Waals surface area contributed by atoms with Crippen LogP contribution in [-0.2, 0) is 9.59 Å². The Balaban J connectivity index is 1.74. The molecule has 1 saturated carbocycles. The number of hydrogen-bond acceptors (Lipinski definition) is 6. The normalized spacial score (nSPS) is 23.4. The van der Waals surface area contributed by atoms with Crippen LogP contribution in [0.4, 0.5) is 5.69 Å². The van der Waals surface area contributed by atoms with Crippen molar-refractivity contribution in [2.75, 3.05) is 19.7 Å². The number of non-ortho nitro benzene ring substituents is 1. The number of hydrogen-bond donors (Lipinski definition) is 1. The Morgan fingerprint density at radius 3 is 2.33 bits per heavy atom. The van der Waals surface area contributed by atoms with Gasteiger partial charge in [-0.15, -0.1) is 0 Å². The van der Waals surface area contributed by atoms with Crippen molar-refractivity contribution in [1.29, 1.82) is 0 Å². The van der Waals surface area contributed by atoms with Gasteiger partial charge in [0.2, 0.25) is 0 Å². The number of amides is 2. The summed E-state index contributed by atoms with van der Waals surface area (Å²) in [4.78, 5) is 40.9. The van der Waals surface area contributed by atoms with Crippen molar-refractivity contribution in [1.82, 2.24) is 9.80 Å². The van der Waals surface area contributed by atoms with Crippen molar-refractivity contribution in [3.05, 3.63) is 45.6 Å². The Hall–Kier alpha value is -2.74. The van der Waals surface area contributed by atoms with Crippen molar-refractivity contribution < 1.29 is 19.6 Å². The van der Waals surface area contributed by atoms with Gasteiger partial charge in [0, 0.05) is 37.9 Å². The van der Waals surface area contributed by atoms with Gasteiger partial charge in [0.05, 0.1) is 10.5 Å². The molecule has 2 fully saturated rings. The molecule has 1 aliphatic carbocycles. The average Bonchev–Trinajstić information content (AvgIpc) is 3.04. The van der Waals surface area contributed by atoms with E-state index in [0.717, 1.165) is 44.9 Å². The lowest BCUT2D eigenvalue weighted by molar-refractivity contribution is -0.384. The van der Waals surface area contributed by atoms with Gasteiger partial charge >= 0.3 is 0 Å². The quantitative estimate of drug-likeness (QED) is 0.452. The van der Waals surface area contributed by atoms with Crippen LogP contribution in [0.2, 0.25) is 0 Å². The van der Waals surface area contributed by atoms with Gasteiger partial charge in [-0.05, 0) is 49.3 Å². The number of aliphatic hydroxyl groups excluding tert-OH is 1. The first-order valence-electron chi connectivity index (χ1n) is 10.7. The van der Waals surface area contributed by atoms with Crippen LogP contribution in [0.15, 0.2) is 30.0 Å². The van der Waals surface area contributed by atoms with Crippen molar-refractivity contribution in [3.8, 4) is 0 Å². The fraction of sp³-hybridized carbons (Fsp3) is 0.545. The Bertz CT molecular complexity index is 873. The van der Waals surface area contributed by atoms with Crippen LogP contribution in [-0.4, -0.2) is 57.4 Å². The fourth-order valence-corrected chi connectivity index (χ4v) is 4.93. The SMILES string of the molecule is O=C1C(c2ccc([N+](=O)[O-])cc2)=C(N2CCCC(CO)C2)C(=O)N1C1CCCCC1.